The predicted molar refractivity (Wildman–Crippen MR) is 85.9 cm³/mol. The van der Waals surface area contributed by atoms with Crippen molar-refractivity contribution < 1.29 is 4.79 Å². The van der Waals surface area contributed by atoms with E-state index in [0.717, 1.165) is 37.9 Å². The highest BCUT2D eigenvalue weighted by Crippen LogP contribution is 2.26. The van der Waals surface area contributed by atoms with E-state index in [9.17, 15) is 4.79 Å². The number of hydrogen-bond donors (Lipinski definition) is 2. The minimum Gasteiger partial charge on any atom is -0.349 e. The highest BCUT2D eigenvalue weighted by atomic mass is 35.5. The lowest BCUT2D eigenvalue weighted by molar-refractivity contribution is 0.0932. The van der Waals surface area contributed by atoms with E-state index < -0.39 is 0 Å². The van der Waals surface area contributed by atoms with E-state index >= 15 is 0 Å². The number of carbonyl (C=O) groups is 1. The standard InChI is InChI=1S/C15H22N2OS.ClH/c18-15(17-11-5-3-1-2-4-6-11)13-10-19-14-9-16-8-7-12(13)14;/h10-11,16H,1-9H2,(H,17,18);1H. The lowest BCUT2D eigenvalue weighted by Crippen LogP contribution is -2.35. The average Bonchev–Trinajstić information content (AvgIpc) is 2.70. The fourth-order valence-corrected chi connectivity index (χ4v) is 4.19. The third-order valence-corrected chi connectivity index (χ3v) is 5.28. The van der Waals surface area contributed by atoms with Crippen molar-refractivity contribution >= 4 is 29.7 Å². The SMILES string of the molecule is Cl.O=C(NC1CCCCCC1)c1csc2c1CCNC2. The van der Waals surface area contributed by atoms with Crippen LogP contribution in [0.1, 0.15) is 59.3 Å². The molecule has 1 saturated carbocycles. The molecule has 1 aliphatic heterocycles. The summed E-state index contributed by atoms with van der Waals surface area (Å²) in [6, 6.07) is 0.396. The molecule has 2 heterocycles. The third kappa shape index (κ3) is 3.54. The number of thiophene rings is 1. The zero-order valence-corrected chi connectivity index (χ0v) is 13.4. The molecule has 1 aromatic heterocycles. The van der Waals surface area contributed by atoms with Crippen LogP contribution in [0.15, 0.2) is 5.38 Å². The van der Waals surface area contributed by atoms with Gasteiger partial charge in [0.2, 0.25) is 0 Å². The van der Waals surface area contributed by atoms with Crippen LogP contribution in [0, 0.1) is 0 Å². The molecule has 3 rings (SSSR count). The maximum atomic E-state index is 12.4. The molecule has 0 spiro atoms. The lowest BCUT2D eigenvalue weighted by atomic mass is 10.0. The molecule has 0 aromatic carbocycles. The third-order valence-electron chi connectivity index (χ3n) is 4.25. The molecule has 2 N–H and O–H groups in total. The molecule has 20 heavy (non-hydrogen) atoms. The van der Waals surface area contributed by atoms with Crippen LogP contribution in [0.25, 0.3) is 0 Å². The molecule has 1 aromatic rings. The molecule has 1 fully saturated rings. The van der Waals surface area contributed by atoms with Crippen molar-refractivity contribution in [3.05, 3.63) is 21.4 Å². The molecule has 1 aliphatic carbocycles. The smallest absolute Gasteiger partial charge is 0.252 e. The van der Waals surface area contributed by atoms with Gasteiger partial charge in [0.05, 0.1) is 5.56 Å². The van der Waals surface area contributed by atoms with E-state index in [2.05, 4.69) is 10.6 Å². The largest absolute Gasteiger partial charge is 0.349 e. The summed E-state index contributed by atoms with van der Waals surface area (Å²) in [6.07, 6.45) is 8.47. The zero-order chi connectivity index (χ0) is 13.1. The summed E-state index contributed by atoms with van der Waals surface area (Å²) >= 11 is 1.72. The van der Waals surface area contributed by atoms with Gasteiger partial charge in [-0.2, -0.15) is 0 Å². The van der Waals surface area contributed by atoms with Gasteiger partial charge >= 0.3 is 0 Å². The summed E-state index contributed by atoms with van der Waals surface area (Å²) in [5.41, 5.74) is 2.22. The fourth-order valence-electron chi connectivity index (χ4n) is 3.14. The maximum absolute atomic E-state index is 12.4. The molecule has 5 heteroatoms. The second-order valence-corrected chi connectivity index (χ2v) is 6.60. The number of carbonyl (C=O) groups excluding carboxylic acids is 1. The molecular formula is C15H23ClN2OS. The van der Waals surface area contributed by atoms with Crippen LogP contribution in [0.2, 0.25) is 0 Å². The normalized spacial score (nSPS) is 19.6. The van der Waals surface area contributed by atoms with E-state index in [0.29, 0.717) is 6.04 Å². The second-order valence-electron chi connectivity index (χ2n) is 5.64. The molecule has 0 saturated heterocycles. The lowest BCUT2D eigenvalue weighted by Gasteiger charge is -2.18. The van der Waals surface area contributed by atoms with E-state index in [4.69, 9.17) is 0 Å². The highest BCUT2D eigenvalue weighted by molar-refractivity contribution is 7.10. The van der Waals surface area contributed by atoms with Crippen LogP contribution < -0.4 is 10.6 Å². The van der Waals surface area contributed by atoms with Gasteiger partial charge in [-0.3, -0.25) is 4.79 Å². The topological polar surface area (TPSA) is 41.1 Å². The maximum Gasteiger partial charge on any atom is 0.252 e. The Balaban J connectivity index is 0.00000147. The monoisotopic (exact) mass is 314 g/mol. The van der Waals surface area contributed by atoms with Gasteiger partial charge in [0, 0.05) is 22.8 Å². The highest BCUT2D eigenvalue weighted by Gasteiger charge is 2.22. The first kappa shape index (κ1) is 15.8. The van der Waals surface area contributed by atoms with E-state index in [1.165, 1.54) is 36.1 Å². The average molecular weight is 315 g/mol. The van der Waals surface area contributed by atoms with Gasteiger partial charge in [-0.1, -0.05) is 25.7 Å². The molecular weight excluding hydrogens is 292 g/mol. The molecule has 1 amide bonds. The van der Waals surface area contributed by atoms with Crippen molar-refractivity contribution in [3.63, 3.8) is 0 Å². The zero-order valence-electron chi connectivity index (χ0n) is 11.7. The summed E-state index contributed by atoms with van der Waals surface area (Å²) in [5.74, 6) is 0.159. The first-order valence-electron chi connectivity index (χ1n) is 7.45. The summed E-state index contributed by atoms with van der Waals surface area (Å²) in [4.78, 5) is 13.8. The van der Waals surface area contributed by atoms with Crippen molar-refractivity contribution in [2.75, 3.05) is 6.54 Å². The molecule has 112 valence electrons. The van der Waals surface area contributed by atoms with Crippen LogP contribution in [-0.2, 0) is 13.0 Å². The Labute approximate surface area is 130 Å². The predicted octanol–water partition coefficient (Wildman–Crippen LogP) is 3.27. The van der Waals surface area contributed by atoms with Crippen LogP contribution in [0.5, 0.6) is 0 Å². The minimum atomic E-state index is 0. The van der Waals surface area contributed by atoms with Gasteiger partial charge in [0.1, 0.15) is 0 Å². The first-order chi connectivity index (χ1) is 9.34. The van der Waals surface area contributed by atoms with Gasteiger partial charge in [-0.25, -0.2) is 0 Å². The Bertz CT molecular complexity index is 453. The van der Waals surface area contributed by atoms with E-state index in [1.54, 1.807) is 11.3 Å². The molecule has 0 unspecified atom stereocenters. The van der Waals surface area contributed by atoms with Gasteiger partial charge < -0.3 is 10.6 Å². The van der Waals surface area contributed by atoms with Crippen molar-refractivity contribution in [1.29, 1.82) is 0 Å². The van der Waals surface area contributed by atoms with Crippen LogP contribution in [-0.4, -0.2) is 18.5 Å². The quantitative estimate of drug-likeness (QED) is 0.823. The fraction of sp³-hybridized carbons (Fsp3) is 0.667. The van der Waals surface area contributed by atoms with Gasteiger partial charge in [-0.05, 0) is 31.4 Å². The Morgan fingerprint density at radius 2 is 2.00 bits per heavy atom. The van der Waals surface area contributed by atoms with Crippen molar-refractivity contribution in [1.82, 2.24) is 10.6 Å². The number of amides is 1. The summed E-state index contributed by atoms with van der Waals surface area (Å²) in [5, 5.41) is 8.67. The number of hydrogen-bond acceptors (Lipinski definition) is 3. The Morgan fingerprint density at radius 1 is 1.25 bits per heavy atom. The number of fused-ring (bicyclic) bond motifs is 1. The van der Waals surface area contributed by atoms with Crippen molar-refractivity contribution in [3.8, 4) is 0 Å². The minimum absolute atomic E-state index is 0. The number of nitrogens with one attached hydrogen (secondary N) is 2. The second kappa shape index (κ2) is 7.43. The van der Waals surface area contributed by atoms with Crippen molar-refractivity contribution in [2.24, 2.45) is 0 Å². The van der Waals surface area contributed by atoms with Crippen LogP contribution in [0.4, 0.5) is 0 Å². The molecule has 0 radical (unpaired) electrons. The summed E-state index contributed by atoms with van der Waals surface area (Å²) in [6.45, 7) is 1.92. The first-order valence-corrected chi connectivity index (χ1v) is 8.33. The van der Waals surface area contributed by atoms with E-state index in [1.807, 2.05) is 5.38 Å². The van der Waals surface area contributed by atoms with Crippen LogP contribution >= 0.6 is 23.7 Å². The molecule has 2 aliphatic rings. The van der Waals surface area contributed by atoms with E-state index in [-0.39, 0.29) is 18.3 Å². The summed E-state index contributed by atoms with van der Waals surface area (Å²) < 4.78 is 0. The Kier molecular flexibility index (Phi) is 5.87. The van der Waals surface area contributed by atoms with Gasteiger partial charge in [-0.15, -0.1) is 23.7 Å². The Hall–Kier alpha value is -0.580. The van der Waals surface area contributed by atoms with Crippen molar-refractivity contribution in [2.45, 2.75) is 57.5 Å². The Morgan fingerprint density at radius 3 is 2.75 bits per heavy atom. The summed E-state index contributed by atoms with van der Waals surface area (Å²) in [7, 11) is 0. The number of rotatable bonds is 2. The van der Waals surface area contributed by atoms with Gasteiger partial charge in [0.25, 0.3) is 5.91 Å². The number of halogens is 1. The van der Waals surface area contributed by atoms with Crippen LogP contribution in [0.3, 0.4) is 0 Å². The molecule has 3 nitrogen and oxygen atoms in total. The molecule has 0 atom stereocenters. The van der Waals surface area contributed by atoms with Gasteiger partial charge in [0.15, 0.2) is 0 Å². The molecule has 0 bridgehead atoms.